The van der Waals surface area contributed by atoms with E-state index in [0.29, 0.717) is 17.9 Å². The average Bonchev–Trinajstić information content (AvgIpc) is 2.11. The van der Waals surface area contributed by atoms with Crippen molar-refractivity contribution in [1.82, 2.24) is 0 Å². The molecule has 1 aliphatic rings. The minimum absolute atomic E-state index is 0.373. The van der Waals surface area contributed by atoms with Crippen molar-refractivity contribution in [2.75, 3.05) is 11.5 Å². The van der Waals surface area contributed by atoms with E-state index in [-0.39, 0.29) is 0 Å². The largest absolute Gasteiger partial charge is 0.392 e. The van der Waals surface area contributed by atoms with E-state index < -0.39 is 24.1 Å². The summed E-state index contributed by atoms with van der Waals surface area (Å²) in [6.45, 7) is 3.04. The summed E-state index contributed by atoms with van der Waals surface area (Å²) in [4.78, 5) is 0. The first-order chi connectivity index (χ1) is 6.38. The number of ether oxygens (including phenoxy) is 1. The van der Waals surface area contributed by atoms with Crippen molar-refractivity contribution in [3.8, 4) is 0 Å². The van der Waals surface area contributed by atoms with E-state index in [2.05, 4.69) is 0 Å². The molecule has 0 spiro atoms. The van der Waals surface area contributed by atoms with E-state index in [1.54, 1.807) is 0 Å². The summed E-state index contributed by atoms with van der Waals surface area (Å²) in [7, 11) is 0. The molecule has 84 valence electrons. The van der Waals surface area contributed by atoms with E-state index in [4.69, 9.17) is 4.74 Å². The predicted octanol–water partition coefficient (Wildman–Crippen LogP) is -0.0413. The Bertz CT molecular complexity index is 180. The van der Waals surface area contributed by atoms with Crippen LogP contribution in [0.4, 0.5) is 0 Å². The standard InChI is InChI=1S/C9H18O4S/c1-9(2,12)13-8-3-6(10)4-14-5-7(8)11/h6-8,10-12H,3-5H2,1-2H3. The highest BCUT2D eigenvalue weighted by atomic mass is 32.2. The summed E-state index contributed by atoms with van der Waals surface area (Å²) in [5.74, 6) is -0.110. The van der Waals surface area contributed by atoms with Gasteiger partial charge in [0.2, 0.25) is 0 Å². The van der Waals surface area contributed by atoms with E-state index in [0.717, 1.165) is 0 Å². The highest BCUT2D eigenvalue weighted by Crippen LogP contribution is 2.23. The second-order valence-electron chi connectivity index (χ2n) is 4.10. The maximum atomic E-state index is 9.66. The molecule has 1 aliphatic heterocycles. The predicted molar refractivity (Wildman–Crippen MR) is 55.1 cm³/mol. The number of aliphatic hydroxyl groups excluding tert-OH is 2. The van der Waals surface area contributed by atoms with Crippen LogP contribution in [0.1, 0.15) is 20.3 Å². The van der Waals surface area contributed by atoms with Crippen LogP contribution in [0.15, 0.2) is 0 Å². The van der Waals surface area contributed by atoms with Crippen LogP contribution in [-0.2, 0) is 4.74 Å². The molecule has 3 unspecified atom stereocenters. The van der Waals surface area contributed by atoms with Crippen LogP contribution >= 0.6 is 11.8 Å². The van der Waals surface area contributed by atoms with Gasteiger partial charge in [0.1, 0.15) is 0 Å². The lowest BCUT2D eigenvalue weighted by atomic mass is 10.1. The summed E-state index contributed by atoms with van der Waals surface area (Å²) < 4.78 is 5.27. The lowest BCUT2D eigenvalue weighted by Gasteiger charge is -2.28. The average molecular weight is 222 g/mol. The first-order valence-electron chi connectivity index (χ1n) is 4.72. The van der Waals surface area contributed by atoms with Crippen molar-refractivity contribution in [1.29, 1.82) is 0 Å². The Kier molecular flexibility index (Phi) is 4.21. The Morgan fingerprint density at radius 2 is 1.93 bits per heavy atom. The molecule has 1 fully saturated rings. The lowest BCUT2D eigenvalue weighted by Crippen LogP contribution is -2.39. The van der Waals surface area contributed by atoms with Gasteiger partial charge in [0.05, 0.1) is 18.3 Å². The van der Waals surface area contributed by atoms with Crippen LogP contribution < -0.4 is 0 Å². The third kappa shape index (κ3) is 4.14. The summed E-state index contributed by atoms with van der Waals surface area (Å²) in [6, 6.07) is 0. The van der Waals surface area contributed by atoms with Gasteiger partial charge in [0, 0.05) is 17.9 Å². The van der Waals surface area contributed by atoms with E-state index in [9.17, 15) is 15.3 Å². The van der Waals surface area contributed by atoms with Gasteiger partial charge in [0.15, 0.2) is 5.79 Å². The summed E-state index contributed by atoms with van der Waals surface area (Å²) in [6.07, 6.45) is -1.20. The zero-order valence-corrected chi connectivity index (χ0v) is 9.33. The highest BCUT2D eigenvalue weighted by molar-refractivity contribution is 7.99. The lowest BCUT2D eigenvalue weighted by molar-refractivity contribution is -0.226. The molecule has 3 N–H and O–H groups in total. The van der Waals surface area contributed by atoms with Crippen molar-refractivity contribution < 1.29 is 20.1 Å². The molecular weight excluding hydrogens is 204 g/mol. The third-order valence-corrected chi connectivity index (χ3v) is 3.17. The molecule has 0 aliphatic carbocycles. The van der Waals surface area contributed by atoms with Gasteiger partial charge < -0.3 is 20.1 Å². The minimum Gasteiger partial charge on any atom is -0.392 e. The highest BCUT2D eigenvalue weighted by Gasteiger charge is 2.31. The van der Waals surface area contributed by atoms with Gasteiger partial charge >= 0.3 is 0 Å². The molecule has 3 atom stereocenters. The third-order valence-electron chi connectivity index (χ3n) is 1.97. The van der Waals surface area contributed by atoms with Gasteiger partial charge in [-0.1, -0.05) is 0 Å². The second-order valence-corrected chi connectivity index (χ2v) is 5.17. The Morgan fingerprint density at radius 3 is 2.50 bits per heavy atom. The van der Waals surface area contributed by atoms with Gasteiger partial charge in [-0.15, -0.1) is 0 Å². The molecule has 0 bridgehead atoms. The molecule has 4 nitrogen and oxygen atoms in total. The maximum absolute atomic E-state index is 9.66. The summed E-state index contributed by atoms with van der Waals surface area (Å²) >= 11 is 1.50. The molecule has 0 aromatic heterocycles. The van der Waals surface area contributed by atoms with E-state index >= 15 is 0 Å². The summed E-state index contributed by atoms with van der Waals surface area (Å²) in [5, 5.41) is 28.6. The number of hydrogen-bond donors (Lipinski definition) is 3. The Morgan fingerprint density at radius 1 is 1.29 bits per heavy atom. The molecule has 1 rings (SSSR count). The van der Waals surface area contributed by atoms with Crippen molar-refractivity contribution in [3.05, 3.63) is 0 Å². The number of thioether (sulfide) groups is 1. The second kappa shape index (κ2) is 4.81. The van der Waals surface area contributed by atoms with Gasteiger partial charge in [-0.25, -0.2) is 0 Å². The maximum Gasteiger partial charge on any atom is 0.160 e. The Hall–Kier alpha value is 0.190. The molecular formula is C9H18O4S. The first-order valence-corrected chi connectivity index (χ1v) is 5.88. The monoisotopic (exact) mass is 222 g/mol. The number of aliphatic hydroxyl groups is 3. The smallest absolute Gasteiger partial charge is 0.160 e. The molecule has 0 saturated carbocycles. The van der Waals surface area contributed by atoms with Crippen molar-refractivity contribution >= 4 is 11.8 Å². The fourth-order valence-corrected chi connectivity index (χ4v) is 2.42. The van der Waals surface area contributed by atoms with Gasteiger partial charge in [-0.05, 0) is 13.8 Å². The van der Waals surface area contributed by atoms with Crippen LogP contribution in [0.5, 0.6) is 0 Å². The number of rotatable bonds is 2. The van der Waals surface area contributed by atoms with Gasteiger partial charge in [-0.2, -0.15) is 11.8 Å². The Labute approximate surface area is 88.3 Å². The fraction of sp³-hybridized carbons (Fsp3) is 1.00. The first kappa shape index (κ1) is 12.3. The van der Waals surface area contributed by atoms with E-state index in [1.807, 2.05) is 0 Å². The topological polar surface area (TPSA) is 69.9 Å². The Balaban J connectivity index is 2.54. The molecule has 0 aromatic rings. The molecule has 1 heterocycles. The molecule has 1 saturated heterocycles. The van der Waals surface area contributed by atoms with E-state index in [1.165, 1.54) is 25.6 Å². The minimum atomic E-state index is -1.26. The zero-order chi connectivity index (χ0) is 10.8. The molecule has 5 heteroatoms. The molecule has 0 radical (unpaired) electrons. The molecule has 14 heavy (non-hydrogen) atoms. The van der Waals surface area contributed by atoms with Crippen LogP contribution in [0, 0.1) is 0 Å². The molecule has 0 amide bonds. The van der Waals surface area contributed by atoms with Crippen molar-refractivity contribution in [2.24, 2.45) is 0 Å². The van der Waals surface area contributed by atoms with Crippen molar-refractivity contribution in [3.63, 3.8) is 0 Å². The normalized spacial score (nSPS) is 35.4. The van der Waals surface area contributed by atoms with Gasteiger partial charge in [-0.3, -0.25) is 0 Å². The quantitative estimate of drug-likeness (QED) is 0.572. The van der Waals surface area contributed by atoms with Crippen LogP contribution in [0.2, 0.25) is 0 Å². The van der Waals surface area contributed by atoms with Crippen LogP contribution in [0.25, 0.3) is 0 Å². The number of hydrogen-bond acceptors (Lipinski definition) is 5. The summed E-state index contributed by atoms with van der Waals surface area (Å²) in [5.41, 5.74) is 0. The molecule has 0 aromatic carbocycles. The van der Waals surface area contributed by atoms with Crippen LogP contribution in [0.3, 0.4) is 0 Å². The zero-order valence-electron chi connectivity index (χ0n) is 8.51. The van der Waals surface area contributed by atoms with Crippen LogP contribution in [-0.4, -0.2) is 50.9 Å². The van der Waals surface area contributed by atoms with Gasteiger partial charge in [0.25, 0.3) is 0 Å². The fourth-order valence-electron chi connectivity index (χ4n) is 1.42. The van der Waals surface area contributed by atoms with Crippen molar-refractivity contribution in [2.45, 2.75) is 44.4 Å². The SMILES string of the molecule is CC(C)(O)OC1CC(O)CSCC1O.